The van der Waals surface area contributed by atoms with E-state index in [-0.39, 0.29) is 0 Å². The number of rotatable bonds is 5. The molecule has 0 aliphatic rings. The smallest absolute Gasteiger partial charge is 0.377 e. The Morgan fingerprint density at radius 2 is 1.64 bits per heavy atom. The lowest BCUT2D eigenvalue weighted by Crippen LogP contribution is -2.42. The Kier molecular flexibility index (Phi) is 5.89. The number of hydrogen-bond acceptors (Lipinski definition) is 4. The van der Waals surface area contributed by atoms with Crippen molar-refractivity contribution in [1.29, 1.82) is 0 Å². The normalized spacial score (nSPS) is 12.7. The van der Waals surface area contributed by atoms with Gasteiger partial charge in [0.1, 0.15) is 0 Å². The number of allylic oxidation sites excluding steroid dienone is 1. The Morgan fingerprint density at radius 1 is 1.18 bits per heavy atom. The lowest BCUT2D eigenvalue weighted by Gasteiger charge is -2.22. The Hall–Kier alpha value is 0.187. The molecule has 0 aromatic rings. The summed E-state index contributed by atoms with van der Waals surface area (Å²) in [5.41, 5.74) is 0. The predicted molar refractivity (Wildman–Crippen MR) is 49.7 cm³/mol. The molecule has 0 rings (SSSR count). The Labute approximate surface area is 74.1 Å². The van der Waals surface area contributed by atoms with Gasteiger partial charge in [-0.3, -0.25) is 0 Å². The fourth-order valence-electron chi connectivity index (χ4n) is 0.697. The predicted octanol–water partition coefficient (Wildman–Crippen LogP) is 1.31. The highest BCUT2D eigenvalue weighted by Crippen LogP contribution is 2.12. The SMILES string of the molecule is CO[Si](CC=CS)(OC)OC. The molecule has 0 radical (unpaired) electrons. The number of thiol groups is 1. The molecule has 0 spiro atoms. The van der Waals surface area contributed by atoms with Gasteiger partial charge in [-0.05, 0) is 5.41 Å². The second kappa shape index (κ2) is 5.79. The zero-order chi connectivity index (χ0) is 8.74. The third kappa shape index (κ3) is 3.39. The van der Waals surface area contributed by atoms with Gasteiger partial charge in [-0.25, -0.2) is 0 Å². The van der Waals surface area contributed by atoms with E-state index in [1.807, 2.05) is 6.08 Å². The van der Waals surface area contributed by atoms with Gasteiger partial charge >= 0.3 is 8.80 Å². The average Bonchev–Trinajstić information content (AvgIpc) is 2.08. The largest absolute Gasteiger partial charge is 0.504 e. The monoisotopic (exact) mass is 194 g/mol. The summed E-state index contributed by atoms with van der Waals surface area (Å²) in [6.45, 7) is 0. The van der Waals surface area contributed by atoms with Crippen molar-refractivity contribution >= 4 is 21.4 Å². The van der Waals surface area contributed by atoms with Gasteiger partial charge in [0.05, 0.1) is 0 Å². The van der Waals surface area contributed by atoms with Crippen LogP contribution in [0.2, 0.25) is 6.04 Å². The molecule has 0 aliphatic carbocycles. The summed E-state index contributed by atoms with van der Waals surface area (Å²) in [4.78, 5) is 0. The quantitative estimate of drug-likeness (QED) is 0.528. The maximum absolute atomic E-state index is 5.15. The van der Waals surface area contributed by atoms with Crippen molar-refractivity contribution in [1.82, 2.24) is 0 Å². The van der Waals surface area contributed by atoms with Gasteiger partial charge in [0, 0.05) is 27.4 Å². The van der Waals surface area contributed by atoms with E-state index in [1.165, 1.54) is 0 Å². The minimum atomic E-state index is -2.37. The first-order chi connectivity index (χ1) is 5.24. The van der Waals surface area contributed by atoms with Crippen LogP contribution in [0.25, 0.3) is 0 Å². The molecule has 0 atom stereocenters. The van der Waals surface area contributed by atoms with Crippen LogP contribution >= 0.6 is 12.6 Å². The molecule has 0 fully saturated rings. The van der Waals surface area contributed by atoms with E-state index in [0.29, 0.717) is 6.04 Å². The summed E-state index contributed by atoms with van der Waals surface area (Å²) in [7, 11) is 2.39. The second-order valence-electron chi connectivity index (χ2n) is 1.88. The van der Waals surface area contributed by atoms with Crippen LogP contribution in [0.15, 0.2) is 11.5 Å². The molecule has 0 amide bonds. The van der Waals surface area contributed by atoms with Crippen LogP contribution in [0.5, 0.6) is 0 Å². The fourth-order valence-corrected chi connectivity index (χ4v) is 2.41. The van der Waals surface area contributed by atoms with Crippen molar-refractivity contribution < 1.29 is 13.3 Å². The molecule has 0 N–H and O–H groups in total. The van der Waals surface area contributed by atoms with Crippen molar-refractivity contribution in [2.24, 2.45) is 0 Å². The molecule has 66 valence electrons. The standard InChI is InChI=1S/C6H14O3SSi/c1-7-11(8-2,9-3)6-4-5-10/h4-5,10H,6H2,1-3H3. The Balaban J connectivity index is 4.04. The van der Waals surface area contributed by atoms with Gasteiger partial charge in [-0.1, -0.05) is 6.08 Å². The topological polar surface area (TPSA) is 27.7 Å². The first-order valence-corrected chi connectivity index (χ1v) is 5.64. The van der Waals surface area contributed by atoms with Crippen LogP contribution in [0.4, 0.5) is 0 Å². The lowest BCUT2D eigenvalue weighted by atomic mass is 10.8. The Morgan fingerprint density at radius 3 is 1.91 bits per heavy atom. The summed E-state index contributed by atoms with van der Waals surface area (Å²) in [6.07, 6.45) is 1.85. The Bertz CT molecular complexity index is 117. The van der Waals surface area contributed by atoms with E-state index < -0.39 is 8.80 Å². The second-order valence-corrected chi connectivity index (χ2v) is 5.18. The molecule has 0 bridgehead atoms. The third-order valence-corrected chi connectivity index (χ3v) is 4.22. The molecule has 5 heteroatoms. The van der Waals surface area contributed by atoms with Gasteiger partial charge in [-0.2, -0.15) is 12.6 Å². The zero-order valence-electron chi connectivity index (χ0n) is 7.03. The van der Waals surface area contributed by atoms with Gasteiger partial charge in [-0.15, -0.1) is 0 Å². The summed E-state index contributed by atoms with van der Waals surface area (Å²) in [6, 6.07) is 0.653. The van der Waals surface area contributed by atoms with E-state index >= 15 is 0 Å². The molecule has 0 unspecified atom stereocenters. The minimum Gasteiger partial charge on any atom is -0.377 e. The van der Waals surface area contributed by atoms with Crippen molar-refractivity contribution in [3.05, 3.63) is 11.5 Å². The van der Waals surface area contributed by atoms with Gasteiger partial charge in [0.2, 0.25) is 0 Å². The molecule has 0 aromatic heterocycles. The summed E-state index contributed by atoms with van der Waals surface area (Å²) >= 11 is 3.92. The molecule has 0 aliphatic heterocycles. The molecule has 11 heavy (non-hydrogen) atoms. The highest BCUT2D eigenvalue weighted by molar-refractivity contribution is 7.83. The van der Waals surface area contributed by atoms with E-state index in [9.17, 15) is 0 Å². The van der Waals surface area contributed by atoms with Crippen molar-refractivity contribution in [3.63, 3.8) is 0 Å². The van der Waals surface area contributed by atoms with Gasteiger partial charge in [0.25, 0.3) is 0 Å². The van der Waals surface area contributed by atoms with E-state index in [0.717, 1.165) is 0 Å². The average molecular weight is 194 g/mol. The first-order valence-electron chi connectivity index (χ1n) is 3.19. The van der Waals surface area contributed by atoms with E-state index in [1.54, 1.807) is 26.7 Å². The fraction of sp³-hybridized carbons (Fsp3) is 0.667. The van der Waals surface area contributed by atoms with Crippen LogP contribution in [0, 0.1) is 0 Å². The number of hydrogen-bond donors (Lipinski definition) is 1. The van der Waals surface area contributed by atoms with Crippen molar-refractivity contribution in [3.8, 4) is 0 Å². The van der Waals surface area contributed by atoms with Crippen LogP contribution in [-0.4, -0.2) is 30.1 Å². The molecule has 0 heterocycles. The van der Waals surface area contributed by atoms with Gasteiger partial charge in [0.15, 0.2) is 0 Å². The zero-order valence-corrected chi connectivity index (χ0v) is 8.93. The molecular formula is C6H14O3SSi. The molecular weight excluding hydrogens is 180 g/mol. The highest BCUT2D eigenvalue weighted by atomic mass is 32.1. The maximum atomic E-state index is 5.15. The summed E-state index contributed by atoms with van der Waals surface area (Å²) in [5, 5.41) is 1.65. The van der Waals surface area contributed by atoms with Crippen molar-refractivity contribution in [2.45, 2.75) is 6.04 Å². The molecule has 0 saturated heterocycles. The maximum Gasteiger partial charge on any atom is 0.504 e. The van der Waals surface area contributed by atoms with Crippen LogP contribution in [0.3, 0.4) is 0 Å². The van der Waals surface area contributed by atoms with Crippen LogP contribution < -0.4 is 0 Å². The van der Waals surface area contributed by atoms with Gasteiger partial charge < -0.3 is 13.3 Å². The highest BCUT2D eigenvalue weighted by Gasteiger charge is 2.35. The van der Waals surface area contributed by atoms with E-state index in [2.05, 4.69) is 12.6 Å². The summed E-state index contributed by atoms with van der Waals surface area (Å²) < 4.78 is 15.4. The minimum absolute atomic E-state index is 0.653. The first kappa shape index (κ1) is 11.2. The molecule has 0 saturated carbocycles. The van der Waals surface area contributed by atoms with Crippen LogP contribution in [-0.2, 0) is 13.3 Å². The lowest BCUT2D eigenvalue weighted by molar-refractivity contribution is 0.127. The third-order valence-electron chi connectivity index (χ3n) is 1.41. The van der Waals surface area contributed by atoms with Crippen LogP contribution in [0.1, 0.15) is 0 Å². The van der Waals surface area contributed by atoms with E-state index in [4.69, 9.17) is 13.3 Å². The van der Waals surface area contributed by atoms with Crippen molar-refractivity contribution in [2.75, 3.05) is 21.3 Å². The molecule has 3 nitrogen and oxygen atoms in total. The summed E-state index contributed by atoms with van der Waals surface area (Å²) in [5.74, 6) is 0. The molecule has 0 aromatic carbocycles.